The molecule has 0 fully saturated rings. The first-order chi connectivity index (χ1) is 14.9. The third-order valence-electron chi connectivity index (χ3n) is 4.54. The maximum atomic E-state index is 13.1. The van der Waals surface area contributed by atoms with E-state index >= 15 is 0 Å². The Hall–Kier alpha value is -2.27. The van der Waals surface area contributed by atoms with Crippen molar-refractivity contribution < 1.29 is 18.7 Å². The van der Waals surface area contributed by atoms with Crippen LogP contribution in [0.1, 0.15) is 22.3 Å². The molecule has 4 rings (SSSR count). The van der Waals surface area contributed by atoms with Crippen LogP contribution in [-0.4, -0.2) is 11.9 Å². The van der Waals surface area contributed by atoms with E-state index < -0.39 is 5.97 Å². The molecule has 7 heteroatoms. The van der Waals surface area contributed by atoms with Crippen molar-refractivity contribution >= 4 is 63.1 Å². The Balaban J connectivity index is 1.54. The number of cyclic esters (lactones) is 1. The number of hydrogen-bond acceptors (Lipinski definition) is 4. The Kier molecular flexibility index (Phi) is 6.71. The number of hydrogen-bond donors (Lipinski definition) is 0. The second-order valence-electron chi connectivity index (χ2n) is 6.93. The van der Waals surface area contributed by atoms with Crippen molar-refractivity contribution in [3.8, 4) is 5.75 Å². The number of benzene rings is 3. The number of halogens is 3. The molecule has 3 aromatic rings. The third-order valence-corrected chi connectivity index (χ3v) is 6.14. The van der Waals surface area contributed by atoms with Crippen LogP contribution in [-0.2, 0) is 16.1 Å². The predicted octanol–water partition coefficient (Wildman–Crippen LogP) is 6.27. The summed E-state index contributed by atoms with van der Waals surface area (Å²) >= 11 is 4.39. The molecule has 0 spiro atoms. The van der Waals surface area contributed by atoms with Crippen molar-refractivity contribution in [3.63, 3.8) is 0 Å². The minimum Gasteiger partial charge on any atom is -0.487 e. The largest absolute Gasteiger partial charge is 0.487 e. The van der Waals surface area contributed by atoms with Crippen LogP contribution in [0.25, 0.3) is 6.08 Å². The van der Waals surface area contributed by atoms with Crippen LogP contribution in [0.5, 0.6) is 5.75 Å². The fraction of sp³-hybridized carbons (Fsp3) is 0.0833. The molecule has 3 aromatic carbocycles. The fourth-order valence-corrected chi connectivity index (χ4v) is 5.05. The molecule has 1 aliphatic rings. The molecule has 0 aromatic heterocycles. The van der Waals surface area contributed by atoms with E-state index in [0.717, 1.165) is 35.1 Å². The van der Waals surface area contributed by atoms with E-state index in [0.29, 0.717) is 12.5 Å². The number of esters is 1. The van der Waals surface area contributed by atoms with Gasteiger partial charge in [0.1, 0.15) is 18.2 Å². The predicted molar refractivity (Wildman–Crippen MR) is 134 cm³/mol. The van der Waals surface area contributed by atoms with Crippen LogP contribution in [0.4, 0.5) is 4.39 Å². The lowest BCUT2D eigenvalue weighted by atomic mass is 10.1. The van der Waals surface area contributed by atoms with Gasteiger partial charge in [0.25, 0.3) is 0 Å². The van der Waals surface area contributed by atoms with Crippen molar-refractivity contribution in [2.75, 3.05) is 0 Å². The molecular formula is C24H16FI2NO3. The molecule has 0 aliphatic carbocycles. The molecule has 156 valence electrons. The van der Waals surface area contributed by atoms with Gasteiger partial charge in [0.2, 0.25) is 5.90 Å². The molecule has 0 N–H and O–H groups in total. The number of rotatable bonds is 5. The first kappa shape index (κ1) is 21.9. The highest BCUT2D eigenvalue weighted by Crippen LogP contribution is 2.31. The average molecular weight is 639 g/mol. The number of carbonyl (C=O) groups is 1. The molecule has 0 radical (unpaired) electrons. The summed E-state index contributed by atoms with van der Waals surface area (Å²) in [5.41, 5.74) is 3.84. The highest BCUT2D eigenvalue weighted by molar-refractivity contribution is 14.1. The van der Waals surface area contributed by atoms with Crippen molar-refractivity contribution in [2.45, 2.75) is 13.5 Å². The maximum Gasteiger partial charge on any atom is 0.363 e. The van der Waals surface area contributed by atoms with Gasteiger partial charge in [0, 0.05) is 5.56 Å². The summed E-state index contributed by atoms with van der Waals surface area (Å²) in [6.45, 7) is 2.33. The number of ether oxygens (including phenoxy) is 2. The summed E-state index contributed by atoms with van der Waals surface area (Å²) < 4.78 is 26.1. The van der Waals surface area contributed by atoms with Crippen molar-refractivity contribution in [2.24, 2.45) is 4.99 Å². The molecule has 31 heavy (non-hydrogen) atoms. The third kappa shape index (κ3) is 5.32. The summed E-state index contributed by atoms with van der Waals surface area (Å²) in [5, 5.41) is 0. The molecular weight excluding hydrogens is 623 g/mol. The lowest BCUT2D eigenvalue weighted by molar-refractivity contribution is -0.129. The van der Waals surface area contributed by atoms with Gasteiger partial charge in [-0.2, -0.15) is 0 Å². The lowest BCUT2D eigenvalue weighted by Crippen LogP contribution is -2.05. The fourth-order valence-electron chi connectivity index (χ4n) is 2.92. The maximum absolute atomic E-state index is 13.1. The number of aliphatic imine (C=N–C) groups is 1. The molecule has 0 unspecified atom stereocenters. The van der Waals surface area contributed by atoms with Crippen molar-refractivity contribution in [1.29, 1.82) is 0 Å². The van der Waals surface area contributed by atoms with Crippen LogP contribution in [0.15, 0.2) is 71.4 Å². The second-order valence-corrected chi connectivity index (χ2v) is 9.26. The number of carbonyl (C=O) groups excluding carboxylic acids is 1. The quantitative estimate of drug-likeness (QED) is 0.188. The van der Waals surface area contributed by atoms with Crippen LogP contribution in [0.2, 0.25) is 0 Å². The normalized spacial score (nSPS) is 14.5. The molecule has 1 heterocycles. The summed E-state index contributed by atoms with van der Waals surface area (Å²) in [6.07, 6.45) is 1.71. The van der Waals surface area contributed by atoms with Gasteiger partial charge in [0.15, 0.2) is 5.70 Å². The first-order valence-corrected chi connectivity index (χ1v) is 11.5. The molecule has 0 bridgehead atoms. The van der Waals surface area contributed by atoms with Gasteiger partial charge >= 0.3 is 5.97 Å². The van der Waals surface area contributed by atoms with E-state index in [1.54, 1.807) is 18.2 Å². The van der Waals surface area contributed by atoms with E-state index in [2.05, 4.69) is 50.2 Å². The van der Waals surface area contributed by atoms with Crippen LogP contribution < -0.4 is 4.74 Å². The zero-order valence-electron chi connectivity index (χ0n) is 16.4. The van der Waals surface area contributed by atoms with Gasteiger partial charge < -0.3 is 9.47 Å². The summed E-state index contributed by atoms with van der Waals surface area (Å²) in [7, 11) is 0. The summed E-state index contributed by atoms with van der Waals surface area (Å²) in [5.74, 6) is 0.298. The Morgan fingerprint density at radius 2 is 1.68 bits per heavy atom. The average Bonchev–Trinajstić information content (AvgIpc) is 3.09. The molecule has 4 nitrogen and oxygen atoms in total. The van der Waals surface area contributed by atoms with Gasteiger partial charge in [-0.1, -0.05) is 29.8 Å². The van der Waals surface area contributed by atoms with E-state index in [4.69, 9.17) is 9.47 Å². The molecule has 0 saturated carbocycles. The van der Waals surface area contributed by atoms with Crippen LogP contribution in [0, 0.1) is 19.9 Å². The molecule has 0 saturated heterocycles. The van der Waals surface area contributed by atoms with Gasteiger partial charge in [0.05, 0.1) is 7.14 Å². The van der Waals surface area contributed by atoms with Crippen molar-refractivity contribution in [3.05, 3.63) is 102 Å². The minimum absolute atomic E-state index is 0.252. The first-order valence-electron chi connectivity index (χ1n) is 9.35. The highest BCUT2D eigenvalue weighted by atomic mass is 127. The van der Waals surface area contributed by atoms with Crippen LogP contribution in [0.3, 0.4) is 0 Å². The molecule has 0 amide bonds. The lowest BCUT2D eigenvalue weighted by Gasteiger charge is -2.11. The van der Waals surface area contributed by atoms with Gasteiger partial charge in [-0.25, -0.2) is 14.2 Å². The van der Waals surface area contributed by atoms with Gasteiger partial charge in [-0.3, -0.25) is 0 Å². The smallest absolute Gasteiger partial charge is 0.363 e. The Morgan fingerprint density at radius 1 is 1.03 bits per heavy atom. The number of aryl methyl sites for hydroxylation is 1. The summed E-state index contributed by atoms with van der Waals surface area (Å²) in [6, 6.07) is 17.7. The van der Waals surface area contributed by atoms with E-state index in [1.807, 2.05) is 43.3 Å². The van der Waals surface area contributed by atoms with Crippen molar-refractivity contribution in [1.82, 2.24) is 0 Å². The monoisotopic (exact) mass is 639 g/mol. The SMILES string of the molecule is Cc1ccc(C2=N/C(=C\c3cc(I)c(OCc4ccc(F)cc4)c(I)c3)C(=O)O2)cc1. The van der Waals surface area contributed by atoms with E-state index in [-0.39, 0.29) is 11.5 Å². The second kappa shape index (κ2) is 9.47. The minimum atomic E-state index is -0.475. The number of nitrogens with zero attached hydrogens (tertiary/aromatic N) is 1. The zero-order valence-corrected chi connectivity index (χ0v) is 20.7. The molecule has 1 aliphatic heterocycles. The van der Waals surface area contributed by atoms with E-state index in [1.165, 1.54) is 12.1 Å². The van der Waals surface area contributed by atoms with Crippen LogP contribution >= 0.6 is 45.2 Å². The highest BCUT2D eigenvalue weighted by Gasteiger charge is 2.24. The zero-order chi connectivity index (χ0) is 22.0. The van der Waals surface area contributed by atoms with E-state index in [9.17, 15) is 9.18 Å². The Morgan fingerprint density at radius 3 is 2.32 bits per heavy atom. The standard InChI is InChI=1S/C24H16FI2NO3/c1-14-2-6-17(7-3-14)23-28-21(24(29)31-23)12-16-10-19(26)22(20(27)11-16)30-13-15-4-8-18(25)9-5-15/h2-12H,13H2,1H3/b21-12-. The van der Waals surface area contributed by atoms with Gasteiger partial charge in [-0.15, -0.1) is 0 Å². The molecule has 0 atom stereocenters. The Bertz CT molecular complexity index is 1180. The van der Waals surface area contributed by atoms with Gasteiger partial charge in [-0.05, 0) is 106 Å². The summed E-state index contributed by atoms with van der Waals surface area (Å²) in [4.78, 5) is 16.7. The topological polar surface area (TPSA) is 47.9 Å². The Labute approximate surface area is 206 Å².